The van der Waals surface area contributed by atoms with E-state index in [0.29, 0.717) is 0 Å². The van der Waals surface area contributed by atoms with Crippen molar-refractivity contribution in [2.75, 3.05) is 6.54 Å². The van der Waals surface area contributed by atoms with Crippen molar-refractivity contribution in [2.24, 2.45) is 0 Å². The number of rotatable bonds is 6. The second-order valence-electron chi connectivity index (χ2n) is 4.31. The highest BCUT2D eigenvalue weighted by Gasteiger charge is 2.32. The van der Waals surface area contributed by atoms with E-state index in [1.807, 2.05) is 0 Å². The second-order valence-corrected chi connectivity index (χ2v) is 6.01. The number of carboxylic acids is 1. The molecular formula is C10H14F3N3O4S. The molecule has 0 aliphatic carbocycles. The van der Waals surface area contributed by atoms with Crippen LogP contribution in [0.3, 0.4) is 0 Å². The fraction of sp³-hybridized carbons (Fsp3) is 0.600. The molecule has 0 radical (unpaired) electrons. The van der Waals surface area contributed by atoms with Crippen LogP contribution in [0.15, 0.2) is 4.90 Å². The molecule has 2 N–H and O–H groups in total. The van der Waals surface area contributed by atoms with E-state index in [-0.39, 0.29) is 29.2 Å². The van der Waals surface area contributed by atoms with Gasteiger partial charge in [0.15, 0.2) is 0 Å². The molecule has 0 amide bonds. The average molecular weight is 329 g/mol. The zero-order valence-corrected chi connectivity index (χ0v) is 12.0. The maximum absolute atomic E-state index is 12.1. The van der Waals surface area contributed by atoms with E-state index in [1.54, 1.807) is 0 Å². The third-order valence-electron chi connectivity index (χ3n) is 2.58. The topological polar surface area (TPSA) is 101 Å². The number of nitrogens with zero attached hydrogens (tertiary/aromatic N) is 2. The Hall–Kier alpha value is -1.62. The molecule has 11 heteroatoms. The lowest BCUT2D eigenvalue weighted by Gasteiger charge is -2.09. The van der Waals surface area contributed by atoms with Crippen molar-refractivity contribution in [1.29, 1.82) is 0 Å². The molecule has 0 aliphatic rings. The van der Waals surface area contributed by atoms with E-state index >= 15 is 0 Å². The van der Waals surface area contributed by atoms with Gasteiger partial charge in [0.1, 0.15) is 11.4 Å². The molecule has 0 fully saturated rings. The van der Waals surface area contributed by atoms with Crippen molar-refractivity contribution in [3.05, 3.63) is 11.4 Å². The van der Waals surface area contributed by atoms with Crippen LogP contribution in [-0.2, 0) is 21.4 Å². The Kier molecular flexibility index (Phi) is 4.99. The Labute approximate surface area is 118 Å². The monoisotopic (exact) mass is 329 g/mol. The molecule has 0 saturated heterocycles. The lowest BCUT2D eigenvalue weighted by Crippen LogP contribution is -2.34. The van der Waals surface area contributed by atoms with Gasteiger partial charge in [0.2, 0.25) is 10.0 Å². The van der Waals surface area contributed by atoms with Crippen molar-refractivity contribution in [1.82, 2.24) is 14.5 Å². The Morgan fingerprint density at radius 3 is 2.43 bits per heavy atom. The molecule has 0 atom stereocenters. The summed E-state index contributed by atoms with van der Waals surface area (Å²) in [7, 11) is -4.37. The fourth-order valence-electron chi connectivity index (χ4n) is 1.74. The molecule has 7 nitrogen and oxygen atoms in total. The molecule has 0 unspecified atom stereocenters. The summed E-state index contributed by atoms with van der Waals surface area (Å²) < 4.78 is 62.7. The third-order valence-corrected chi connectivity index (χ3v) is 4.24. The average Bonchev–Trinajstić information content (AvgIpc) is 2.59. The van der Waals surface area contributed by atoms with Crippen LogP contribution < -0.4 is 4.72 Å². The van der Waals surface area contributed by atoms with Crippen LogP contribution in [0.2, 0.25) is 0 Å². The number of nitrogens with one attached hydrogen (secondary N) is 1. The summed E-state index contributed by atoms with van der Waals surface area (Å²) >= 11 is 0. The molecule has 0 aliphatic heterocycles. The second kappa shape index (κ2) is 6.02. The Bertz CT molecular complexity index is 637. The predicted molar refractivity (Wildman–Crippen MR) is 65.2 cm³/mol. The Morgan fingerprint density at radius 1 is 1.38 bits per heavy atom. The largest absolute Gasteiger partial charge is 0.481 e. The van der Waals surface area contributed by atoms with Crippen molar-refractivity contribution < 1.29 is 31.5 Å². The summed E-state index contributed by atoms with van der Waals surface area (Å²) in [4.78, 5) is 10.1. The minimum Gasteiger partial charge on any atom is -0.481 e. The Morgan fingerprint density at radius 2 is 1.95 bits per heavy atom. The maximum atomic E-state index is 12.1. The number of carbonyl (C=O) groups is 1. The number of sulfonamides is 1. The predicted octanol–water partition coefficient (Wildman–Crippen LogP) is 0.815. The summed E-state index contributed by atoms with van der Waals surface area (Å²) in [6.45, 7) is 0.918. The highest BCUT2D eigenvalue weighted by Crippen LogP contribution is 2.21. The fourth-order valence-corrected chi connectivity index (χ4v) is 3.16. The van der Waals surface area contributed by atoms with Crippen LogP contribution in [0.5, 0.6) is 0 Å². The van der Waals surface area contributed by atoms with Crippen LogP contribution in [0.25, 0.3) is 0 Å². The number of carboxylic acid groups (broad SMARTS) is 1. The number of aromatic nitrogens is 2. The quantitative estimate of drug-likeness (QED) is 0.804. The SMILES string of the molecule is Cc1nn(CCC(=O)O)c(C)c1S(=O)(=O)NCC(F)(F)F. The van der Waals surface area contributed by atoms with Crippen LogP contribution in [0, 0.1) is 13.8 Å². The maximum Gasteiger partial charge on any atom is 0.402 e. The van der Waals surface area contributed by atoms with E-state index < -0.39 is 28.7 Å². The van der Waals surface area contributed by atoms with Gasteiger partial charge >= 0.3 is 12.1 Å². The Balaban J connectivity index is 3.04. The van der Waals surface area contributed by atoms with Gasteiger partial charge in [-0.15, -0.1) is 0 Å². The number of hydrogen-bond acceptors (Lipinski definition) is 4. The number of aryl methyl sites for hydroxylation is 2. The van der Waals surface area contributed by atoms with Gasteiger partial charge in [-0.1, -0.05) is 0 Å². The first-order chi connectivity index (χ1) is 9.44. The minimum absolute atomic E-state index is 0.00700. The first-order valence-corrected chi connectivity index (χ1v) is 7.24. The first-order valence-electron chi connectivity index (χ1n) is 5.76. The highest BCUT2D eigenvalue weighted by molar-refractivity contribution is 7.89. The molecule has 1 heterocycles. The van der Waals surface area contributed by atoms with Gasteiger partial charge in [0.05, 0.1) is 24.4 Å². The van der Waals surface area contributed by atoms with Gasteiger partial charge in [0.25, 0.3) is 0 Å². The van der Waals surface area contributed by atoms with E-state index in [0.717, 1.165) is 4.68 Å². The van der Waals surface area contributed by atoms with Gasteiger partial charge in [-0.2, -0.15) is 18.3 Å². The zero-order valence-electron chi connectivity index (χ0n) is 11.2. The van der Waals surface area contributed by atoms with Gasteiger partial charge in [-0.3, -0.25) is 9.48 Å². The van der Waals surface area contributed by atoms with E-state index in [2.05, 4.69) is 5.10 Å². The zero-order chi connectivity index (χ0) is 16.4. The number of hydrogen-bond donors (Lipinski definition) is 2. The van der Waals surface area contributed by atoms with Crippen molar-refractivity contribution in [3.8, 4) is 0 Å². The van der Waals surface area contributed by atoms with Gasteiger partial charge in [-0.25, -0.2) is 13.1 Å². The van der Waals surface area contributed by atoms with Crippen molar-refractivity contribution >= 4 is 16.0 Å². The third kappa shape index (κ3) is 4.70. The molecule has 1 aromatic rings. The van der Waals surface area contributed by atoms with Gasteiger partial charge in [-0.05, 0) is 13.8 Å². The van der Waals surface area contributed by atoms with Crippen LogP contribution >= 0.6 is 0 Å². The molecular weight excluding hydrogens is 315 g/mol. The minimum atomic E-state index is -4.67. The van der Waals surface area contributed by atoms with Gasteiger partial charge < -0.3 is 5.11 Å². The van der Waals surface area contributed by atoms with Crippen LogP contribution in [-0.4, -0.2) is 42.0 Å². The lowest BCUT2D eigenvalue weighted by atomic mass is 10.4. The van der Waals surface area contributed by atoms with Crippen LogP contribution in [0.4, 0.5) is 13.2 Å². The molecule has 0 saturated carbocycles. The molecule has 0 spiro atoms. The standard InChI is InChI=1S/C10H14F3N3O4S/c1-6-9(21(19,20)14-5-10(11,12)13)7(2)16(15-6)4-3-8(17)18/h14H,3-5H2,1-2H3,(H,17,18). The molecule has 0 bridgehead atoms. The first kappa shape index (κ1) is 17.4. The van der Waals surface area contributed by atoms with Gasteiger partial charge in [0, 0.05) is 0 Å². The summed E-state index contributed by atoms with van der Waals surface area (Å²) in [5.74, 6) is -1.10. The van der Waals surface area contributed by atoms with Crippen molar-refractivity contribution in [3.63, 3.8) is 0 Å². The lowest BCUT2D eigenvalue weighted by molar-refractivity contribution is -0.137. The summed E-state index contributed by atoms with van der Waals surface area (Å²) in [6, 6.07) is 0. The van der Waals surface area contributed by atoms with E-state index in [9.17, 15) is 26.4 Å². The molecule has 120 valence electrons. The van der Waals surface area contributed by atoms with Crippen molar-refractivity contribution in [2.45, 2.75) is 37.9 Å². The number of alkyl halides is 3. The number of aliphatic carboxylic acids is 1. The normalized spacial score (nSPS) is 12.6. The smallest absolute Gasteiger partial charge is 0.402 e. The number of halogens is 3. The van der Waals surface area contributed by atoms with E-state index in [1.165, 1.54) is 18.6 Å². The van der Waals surface area contributed by atoms with Crippen LogP contribution in [0.1, 0.15) is 17.8 Å². The molecule has 1 rings (SSSR count). The van der Waals surface area contributed by atoms with E-state index in [4.69, 9.17) is 5.11 Å². The molecule has 21 heavy (non-hydrogen) atoms. The summed E-state index contributed by atoms with van der Waals surface area (Å²) in [5.41, 5.74) is 0.0935. The summed E-state index contributed by atoms with van der Waals surface area (Å²) in [5, 5.41) is 12.4. The molecule has 0 aromatic carbocycles. The summed E-state index contributed by atoms with van der Waals surface area (Å²) in [6.07, 6.45) is -4.95. The highest BCUT2D eigenvalue weighted by atomic mass is 32.2. The molecule has 1 aromatic heterocycles.